The van der Waals surface area contributed by atoms with Crippen LogP contribution in [0.2, 0.25) is 0 Å². The van der Waals surface area contributed by atoms with E-state index in [0.717, 1.165) is 11.1 Å². The summed E-state index contributed by atoms with van der Waals surface area (Å²) in [4.78, 5) is 43.3. The van der Waals surface area contributed by atoms with Crippen LogP contribution >= 0.6 is 0 Å². The number of hydrogen-bond donors (Lipinski definition) is 2. The standard InChI is InChI=1S/C26H30N4O3/c1-17(2)14-28-25(32)21-15-30(18(3)4)16-22(24(21)31)26(33)29-23(19-8-6-5-7-9-19)20-10-12-27-13-11-20/h5-13,15-18,23H,14H2,1-4H3,(H,28,32)(H,29,33)/t23-/m0/s1. The summed E-state index contributed by atoms with van der Waals surface area (Å²) in [5.74, 6) is -0.787. The van der Waals surface area contributed by atoms with Crippen LogP contribution in [0.4, 0.5) is 0 Å². The van der Waals surface area contributed by atoms with Crippen molar-refractivity contribution in [3.05, 3.63) is 99.7 Å². The van der Waals surface area contributed by atoms with Crippen molar-refractivity contribution in [2.45, 2.75) is 39.8 Å². The van der Waals surface area contributed by atoms with Crippen LogP contribution in [0.25, 0.3) is 0 Å². The molecule has 2 N–H and O–H groups in total. The van der Waals surface area contributed by atoms with Gasteiger partial charge >= 0.3 is 0 Å². The number of nitrogens with one attached hydrogen (secondary N) is 2. The number of amides is 2. The molecule has 0 spiro atoms. The second-order valence-electron chi connectivity index (χ2n) is 8.66. The molecule has 33 heavy (non-hydrogen) atoms. The van der Waals surface area contributed by atoms with Crippen LogP contribution in [0.1, 0.15) is 71.6 Å². The molecule has 1 atom stereocenters. The predicted octanol–water partition coefficient (Wildman–Crippen LogP) is 3.73. The quantitative estimate of drug-likeness (QED) is 0.551. The van der Waals surface area contributed by atoms with Gasteiger partial charge in [-0.3, -0.25) is 19.4 Å². The zero-order valence-corrected chi connectivity index (χ0v) is 19.4. The maximum Gasteiger partial charge on any atom is 0.257 e. The van der Waals surface area contributed by atoms with E-state index in [1.807, 2.05) is 70.2 Å². The van der Waals surface area contributed by atoms with Gasteiger partial charge in [-0.05, 0) is 43.0 Å². The van der Waals surface area contributed by atoms with E-state index in [-0.39, 0.29) is 23.1 Å². The lowest BCUT2D eigenvalue weighted by molar-refractivity contribution is 0.0940. The molecule has 2 amide bonds. The van der Waals surface area contributed by atoms with Crippen molar-refractivity contribution in [1.82, 2.24) is 20.2 Å². The minimum absolute atomic E-state index is 0.0427. The smallest absolute Gasteiger partial charge is 0.257 e. The second kappa shape index (κ2) is 10.7. The molecule has 3 aromatic rings. The predicted molar refractivity (Wildman–Crippen MR) is 128 cm³/mol. The monoisotopic (exact) mass is 446 g/mol. The number of hydrogen-bond acceptors (Lipinski definition) is 4. The fourth-order valence-electron chi connectivity index (χ4n) is 3.38. The van der Waals surface area contributed by atoms with Gasteiger partial charge in [-0.25, -0.2) is 0 Å². The number of nitrogens with zero attached hydrogens (tertiary/aromatic N) is 2. The van der Waals surface area contributed by atoms with E-state index in [2.05, 4.69) is 15.6 Å². The molecule has 2 aromatic heterocycles. The van der Waals surface area contributed by atoms with E-state index in [4.69, 9.17) is 0 Å². The molecule has 0 saturated heterocycles. The van der Waals surface area contributed by atoms with Gasteiger partial charge in [0.25, 0.3) is 11.8 Å². The van der Waals surface area contributed by atoms with Crippen molar-refractivity contribution in [3.8, 4) is 0 Å². The van der Waals surface area contributed by atoms with Crippen LogP contribution in [0, 0.1) is 5.92 Å². The number of rotatable bonds is 8. The van der Waals surface area contributed by atoms with Crippen molar-refractivity contribution < 1.29 is 9.59 Å². The van der Waals surface area contributed by atoms with Gasteiger partial charge in [-0.1, -0.05) is 44.2 Å². The summed E-state index contributed by atoms with van der Waals surface area (Å²) < 4.78 is 1.71. The Balaban J connectivity index is 2.01. The number of pyridine rings is 2. The SMILES string of the molecule is CC(C)CNC(=O)c1cn(C(C)C)cc(C(=O)N[C@@H](c2ccccc2)c2ccncc2)c1=O. The molecule has 0 aliphatic carbocycles. The van der Waals surface area contributed by atoms with Crippen molar-refractivity contribution in [1.29, 1.82) is 0 Å². The summed E-state index contributed by atoms with van der Waals surface area (Å²) in [6.45, 7) is 8.23. The van der Waals surface area contributed by atoms with Gasteiger partial charge in [0.1, 0.15) is 11.1 Å². The summed E-state index contributed by atoms with van der Waals surface area (Å²) in [6, 6.07) is 12.6. The lowest BCUT2D eigenvalue weighted by atomic mass is 9.99. The summed E-state index contributed by atoms with van der Waals surface area (Å²) >= 11 is 0. The van der Waals surface area contributed by atoms with E-state index >= 15 is 0 Å². The molecule has 0 radical (unpaired) electrons. The van der Waals surface area contributed by atoms with Crippen molar-refractivity contribution in [2.75, 3.05) is 6.54 Å². The minimum atomic E-state index is -0.591. The third-order valence-corrected chi connectivity index (χ3v) is 5.25. The van der Waals surface area contributed by atoms with Gasteiger partial charge in [-0.15, -0.1) is 0 Å². The van der Waals surface area contributed by atoms with Crippen LogP contribution in [-0.2, 0) is 0 Å². The normalized spacial score (nSPS) is 11.9. The molecule has 0 fully saturated rings. The number of carbonyl (C=O) groups excluding carboxylic acids is 2. The molecular weight excluding hydrogens is 416 g/mol. The second-order valence-corrected chi connectivity index (χ2v) is 8.66. The lowest BCUT2D eigenvalue weighted by Crippen LogP contribution is -2.37. The minimum Gasteiger partial charge on any atom is -0.352 e. The Labute approximate surface area is 193 Å². The number of benzene rings is 1. The Bertz CT molecular complexity index is 1120. The Hall–Kier alpha value is -3.74. The largest absolute Gasteiger partial charge is 0.352 e. The third kappa shape index (κ3) is 5.94. The molecule has 7 heteroatoms. The van der Waals surface area contributed by atoms with Crippen LogP contribution in [-0.4, -0.2) is 27.9 Å². The average Bonchev–Trinajstić information content (AvgIpc) is 2.81. The molecule has 7 nitrogen and oxygen atoms in total. The van der Waals surface area contributed by atoms with Gasteiger partial charge in [0, 0.05) is 37.4 Å². The Morgan fingerprint density at radius 3 is 2.03 bits per heavy atom. The molecule has 0 aliphatic heterocycles. The molecular formula is C26H30N4O3. The first-order valence-electron chi connectivity index (χ1n) is 11.1. The highest BCUT2D eigenvalue weighted by molar-refractivity contribution is 5.99. The lowest BCUT2D eigenvalue weighted by Gasteiger charge is -2.21. The molecule has 3 rings (SSSR count). The van der Waals surface area contributed by atoms with E-state index in [1.54, 1.807) is 17.0 Å². The Kier molecular flexibility index (Phi) is 7.77. The first-order chi connectivity index (χ1) is 15.8. The van der Waals surface area contributed by atoms with Gasteiger partial charge in [0.2, 0.25) is 5.43 Å². The zero-order valence-electron chi connectivity index (χ0n) is 19.4. The molecule has 172 valence electrons. The maximum absolute atomic E-state index is 13.4. The maximum atomic E-state index is 13.4. The highest BCUT2D eigenvalue weighted by atomic mass is 16.2. The first kappa shape index (κ1) is 23.9. The molecule has 0 saturated carbocycles. The first-order valence-corrected chi connectivity index (χ1v) is 11.1. The van der Waals surface area contributed by atoms with Gasteiger partial charge < -0.3 is 15.2 Å². The highest BCUT2D eigenvalue weighted by Crippen LogP contribution is 2.22. The van der Waals surface area contributed by atoms with Gasteiger partial charge in [-0.2, -0.15) is 0 Å². The fourth-order valence-corrected chi connectivity index (χ4v) is 3.38. The molecule has 0 unspecified atom stereocenters. The zero-order chi connectivity index (χ0) is 24.0. The van der Waals surface area contributed by atoms with E-state index in [1.165, 1.54) is 12.4 Å². The van der Waals surface area contributed by atoms with Crippen molar-refractivity contribution in [2.24, 2.45) is 5.92 Å². The summed E-state index contributed by atoms with van der Waals surface area (Å²) in [7, 11) is 0. The summed E-state index contributed by atoms with van der Waals surface area (Å²) in [5, 5.41) is 5.75. The van der Waals surface area contributed by atoms with E-state index in [9.17, 15) is 14.4 Å². The van der Waals surface area contributed by atoms with Crippen LogP contribution < -0.4 is 16.1 Å². The van der Waals surface area contributed by atoms with Crippen molar-refractivity contribution in [3.63, 3.8) is 0 Å². The Morgan fingerprint density at radius 1 is 0.879 bits per heavy atom. The fraction of sp³-hybridized carbons (Fsp3) is 0.308. The van der Waals surface area contributed by atoms with Crippen LogP contribution in [0.5, 0.6) is 0 Å². The molecule has 0 aliphatic rings. The number of aromatic nitrogens is 2. The van der Waals surface area contributed by atoms with Crippen molar-refractivity contribution >= 4 is 11.8 Å². The third-order valence-electron chi connectivity index (χ3n) is 5.25. The summed E-state index contributed by atoms with van der Waals surface area (Å²) in [5.41, 5.74) is 0.992. The van der Waals surface area contributed by atoms with Gasteiger partial charge in [0.05, 0.1) is 6.04 Å². The summed E-state index contributed by atoms with van der Waals surface area (Å²) in [6.07, 6.45) is 6.33. The Morgan fingerprint density at radius 2 is 1.45 bits per heavy atom. The van der Waals surface area contributed by atoms with Crippen LogP contribution in [0.3, 0.4) is 0 Å². The molecule has 2 heterocycles. The topological polar surface area (TPSA) is 93.1 Å². The average molecular weight is 447 g/mol. The highest BCUT2D eigenvalue weighted by Gasteiger charge is 2.23. The number of carbonyl (C=O) groups is 2. The van der Waals surface area contributed by atoms with E-state index < -0.39 is 23.3 Å². The van der Waals surface area contributed by atoms with Gasteiger partial charge in [0.15, 0.2) is 0 Å². The molecule has 0 bridgehead atoms. The molecule has 1 aromatic carbocycles. The van der Waals surface area contributed by atoms with Crippen LogP contribution in [0.15, 0.2) is 72.0 Å². The van der Waals surface area contributed by atoms with E-state index in [0.29, 0.717) is 6.54 Å².